The Hall–Kier alpha value is -2.00. The van der Waals surface area contributed by atoms with Gasteiger partial charge in [0, 0.05) is 4.90 Å². The molecule has 0 saturated carbocycles. The van der Waals surface area contributed by atoms with E-state index in [1.54, 1.807) is 0 Å². The third-order valence-corrected chi connectivity index (χ3v) is 6.03. The van der Waals surface area contributed by atoms with Crippen LogP contribution in [0.5, 0.6) is 0 Å². The number of nitrogens with zero attached hydrogens (tertiary/aromatic N) is 1. The normalized spacial score (nSPS) is 25.7. The number of hydrogen-bond donors (Lipinski definition) is 2. The lowest BCUT2D eigenvalue weighted by molar-refractivity contribution is -0.165. The van der Waals surface area contributed by atoms with Gasteiger partial charge in [0.25, 0.3) is 0 Å². The standard InChI is InChI=1S/C15H14N2O5S2/c18-9-6-24-14-11(13(20)17(14)12(9)15(21)22)16-10(19)7-23-8-4-2-1-3-5-8/h1-5,11-12,14H,6-7H2,(H,16,19)(H,21,22)/t11?,12?,14-/m0/s1. The average Bonchev–Trinajstić information content (AvgIpc) is 2.58. The Bertz CT molecular complexity index is 696. The lowest BCUT2D eigenvalue weighted by Crippen LogP contribution is -2.76. The minimum absolute atomic E-state index is 0.0244. The second-order valence-corrected chi connectivity index (χ2v) is 7.45. The van der Waals surface area contributed by atoms with Crippen molar-refractivity contribution in [2.75, 3.05) is 11.5 Å². The van der Waals surface area contributed by atoms with E-state index in [4.69, 9.17) is 5.11 Å². The molecule has 126 valence electrons. The van der Waals surface area contributed by atoms with Crippen molar-refractivity contribution in [3.8, 4) is 0 Å². The van der Waals surface area contributed by atoms with E-state index in [1.165, 1.54) is 23.5 Å². The van der Waals surface area contributed by atoms with E-state index in [0.29, 0.717) is 0 Å². The van der Waals surface area contributed by atoms with Crippen LogP contribution in [0.4, 0.5) is 0 Å². The minimum atomic E-state index is -1.43. The number of carbonyl (C=O) groups is 4. The molecule has 0 radical (unpaired) electrons. The van der Waals surface area contributed by atoms with Crippen LogP contribution in [0.3, 0.4) is 0 Å². The quantitative estimate of drug-likeness (QED) is 0.436. The zero-order chi connectivity index (χ0) is 17.3. The van der Waals surface area contributed by atoms with E-state index in [1.807, 2.05) is 30.3 Å². The summed E-state index contributed by atoms with van der Waals surface area (Å²) in [6.07, 6.45) is 0. The Morgan fingerprint density at radius 1 is 1.29 bits per heavy atom. The molecule has 1 aromatic carbocycles. The smallest absolute Gasteiger partial charge is 0.334 e. The fourth-order valence-electron chi connectivity index (χ4n) is 2.61. The number of ketones is 1. The van der Waals surface area contributed by atoms with Crippen LogP contribution in [0.15, 0.2) is 35.2 Å². The van der Waals surface area contributed by atoms with Gasteiger partial charge < -0.3 is 15.3 Å². The third-order valence-electron chi connectivity index (χ3n) is 3.72. The summed E-state index contributed by atoms with van der Waals surface area (Å²) in [6, 6.07) is 7.18. The second-order valence-electron chi connectivity index (χ2n) is 5.30. The molecular formula is C15H14N2O5S2. The van der Waals surface area contributed by atoms with Crippen LogP contribution in [0.25, 0.3) is 0 Å². The SMILES string of the molecule is O=C(CSc1ccccc1)NC1C(=O)N2C(C(=O)O)C(=O)CS[C@@H]12. The number of aliphatic carboxylic acids is 1. The van der Waals surface area contributed by atoms with E-state index in [9.17, 15) is 19.2 Å². The molecular weight excluding hydrogens is 352 g/mol. The summed E-state index contributed by atoms with van der Waals surface area (Å²) in [4.78, 5) is 49.0. The molecule has 2 aliphatic heterocycles. The molecule has 0 aliphatic carbocycles. The molecule has 2 unspecified atom stereocenters. The molecule has 2 saturated heterocycles. The number of amides is 2. The first-order valence-corrected chi connectivity index (χ1v) is 9.19. The Labute approximate surface area is 146 Å². The summed E-state index contributed by atoms with van der Waals surface area (Å²) in [5.74, 6) is -2.47. The number of Topliss-reactive ketones (excluding diaryl/α,β-unsaturated/α-hetero) is 1. The van der Waals surface area contributed by atoms with Gasteiger partial charge in [-0.1, -0.05) is 18.2 Å². The zero-order valence-electron chi connectivity index (χ0n) is 12.4. The lowest BCUT2D eigenvalue weighted by atomic mass is 10.0. The summed E-state index contributed by atoms with van der Waals surface area (Å²) in [7, 11) is 0. The summed E-state index contributed by atoms with van der Waals surface area (Å²) < 4.78 is 0. The number of nitrogens with one attached hydrogen (secondary N) is 1. The van der Waals surface area contributed by atoms with Gasteiger partial charge in [-0.05, 0) is 12.1 Å². The highest BCUT2D eigenvalue weighted by Gasteiger charge is 2.57. The number of fused-ring (bicyclic) bond motifs is 1. The van der Waals surface area contributed by atoms with Crippen molar-refractivity contribution in [1.29, 1.82) is 0 Å². The van der Waals surface area contributed by atoms with E-state index >= 15 is 0 Å². The molecule has 0 spiro atoms. The van der Waals surface area contributed by atoms with Gasteiger partial charge in [-0.15, -0.1) is 23.5 Å². The van der Waals surface area contributed by atoms with Gasteiger partial charge in [-0.3, -0.25) is 14.4 Å². The van der Waals surface area contributed by atoms with Crippen molar-refractivity contribution in [2.24, 2.45) is 0 Å². The van der Waals surface area contributed by atoms with Crippen LogP contribution < -0.4 is 5.32 Å². The molecule has 3 atom stereocenters. The van der Waals surface area contributed by atoms with E-state index in [0.717, 1.165) is 9.80 Å². The number of carboxylic acids is 1. The molecule has 24 heavy (non-hydrogen) atoms. The van der Waals surface area contributed by atoms with Gasteiger partial charge in [0.05, 0.1) is 11.5 Å². The van der Waals surface area contributed by atoms with Crippen molar-refractivity contribution in [2.45, 2.75) is 22.4 Å². The first-order valence-electron chi connectivity index (χ1n) is 7.15. The summed E-state index contributed by atoms with van der Waals surface area (Å²) in [5, 5.41) is 11.2. The fraction of sp³-hybridized carbons (Fsp3) is 0.333. The van der Waals surface area contributed by atoms with Crippen LogP contribution in [0.2, 0.25) is 0 Å². The first-order chi connectivity index (χ1) is 11.5. The van der Waals surface area contributed by atoms with Crippen LogP contribution in [0.1, 0.15) is 0 Å². The van der Waals surface area contributed by atoms with Crippen LogP contribution in [-0.2, 0) is 19.2 Å². The Morgan fingerprint density at radius 2 is 2.00 bits per heavy atom. The van der Waals surface area contributed by atoms with Gasteiger partial charge in [-0.2, -0.15) is 0 Å². The fourth-order valence-corrected chi connectivity index (χ4v) is 4.60. The maximum atomic E-state index is 12.1. The highest BCUT2D eigenvalue weighted by molar-refractivity contribution is 8.00. The van der Waals surface area contributed by atoms with E-state index in [2.05, 4.69) is 5.32 Å². The molecule has 0 bridgehead atoms. The predicted molar refractivity (Wildman–Crippen MR) is 88.6 cm³/mol. The second kappa shape index (κ2) is 6.86. The number of carbonyl (C=O) groups excluding carboxylic acids is 3. The Morgan fingerprint density at radius 3 is 2.67 bits per heavy atom. The molecule has 2 heterocycles. The number of thioether (sulfide) groups is 2. The van der Waals surface area contributed by atoms with Gasteiger partial charge in [0.2, 0.25) is 11.8 Å². The molecule has 2 aliphatic rings. The molecule has 0 aromatic heterocycles. The van der Waals surface area contributed by atoms with Crippen molar-refractivity contribution >= 4 is 47.1 Å². The van der Waals surface area contributed by atoms with Crippen molar-refractivity contribution in [1.82, 2.24) is 10.2 Å². The van der Waals surface area contributed by atoms with Crippen molar-refractivity contribution in [3.63, 3.8) is 0 Å². The van der Waals surface area contributed by atoms with Gasteiger partial charge in [0.15, 0.2) is 11.8 Å². The molecule has 7 nitrogen and oxygen atoms in total. The minimum Gasteiger partial charge on any atom is -0.479 e. The number of carboxylic acid groups (broad SMARTS) is 1. The van der Waals surface area contributed by atoms with Crippen LogP contribution >= 0.6 is 23.5 Å². The highest BCUT2D eigenvalue weighted by Crippen LogP contribution is 2.36. The van der Waals surface area contributed by atoms with Crippen molar-refractivity contribution < 1.29 is 24.3 Å². The maximum Gasteiger partial charge on any atom is 0.334 e. The number of β-lactam (4-membered cyclic amide) rings is 1. The molecule has 2 amide bonds. The monoisotopic (exact) mass is 366 g/mol. The Balaban J connectivity index is 1.57. The number of benzene rings is 1. The molecule has 3 rings (SSSR count). The Kier molecular flexibility index (Phi) is 4.81. The number of rotatable bonds is 5. The summed E-state index contributed by atoms with van der Waals surface area (Å²) in [6.45, 7) is 0. The zero-order valence-corrected chi connectivity index (χ0v) is 14.0. The van der Waals surface area contributed by atoms with Gasteiger partial charge >= 0.3 is 5.97 Å². The molecule has 1 aromatic rings. The third kappa shape index (κ3) is 3.13. The predicted octanol–water partition coefficient (Wildman–Crippen LogP) is 0.201. The van der Waals surface area contributed by atoms with Gasteiger partial charge in [-0.25, -0.2) is 4.79 Å². The largest absolute Gasteiger partial charge is 0.479 e. The molecule has 2 fully saturated rings. The van der Waals surface area contributed by atoms with Crippen LogP contribution in [0, 0.1) is 0 Å². The average molecular weight is 366 g/mol. The number of hydrogen-bond acceptors (Lipinski definition) is 6. The molecule has 9 heteroatoms. The topological polar surface area (TPSA) is 104 Å². The lowest BCUT2D eigenvalue weighted by Gasteiger charge is -2.51. The van der Waals surface area contributed by atoms with E-state index in [-0.39, 0.29) is 17.4 Å². The summed E-state index contributed by atoms with van der Waals surface area (Å²) in [5.41, 5.74) is 0. The van der Waals surface area contributed by atoms with Gasteiger partial charge in [0.1, 0.15) is 11.4 Å². The summed E-state index contributed by atoms with van der Waals surface area (Å²) >= 11 is 2.53. The van der Waals surface area contributed by atoms with Crippen molar-refractivity contribution in [3.05, 3.63) is 30.3 Å². The van der Waals surface area contributed by atoms with Crippen LogP contribution in [-0.4, -0.2) is 62.5 Å². The first kappa shape index (κ1) is 16.8. The van der Waals surface area contributed by atoms with E-state index < -0.39 is 35.1 Å². The maximum absolute atomic E-state index is 12.1. The highest BCUT2D eigenvalue weighted by atomic mass is 32.2. The molecule has 2 N–H and O–H groups in total.